The summed E-state index contributed by atoms with van der Waals surface area (Å²) in [5.74, 6) is 0.881. The number of para-hydroxylation sites is 2. The fourth-order valence-electron chi connectivity index (χ4n) is 13.2. The summed E-state index contributed by atoms with van der Waals surface area (Å²) in [6, 6.07) is 66.7. The van der Waals surface area contributed by atoms with Gasteiger partial charge in [0.05, 0.1) is 108 Å². The second-order valence-corrected chi connectivity index (χ2v) is 23.6. The number of benzene rings is 10. The van der Waals surface area contributed by atoms with Crippen LogP contribution in [-0.4, -0.2) is 28.2 Å². The Kier molecular flexibility index (Phi) is 15.7. The van der Waals surface area contributed by atoms with Gasteiger partial charge in [-0.05, 0) is 158 Å². The molecular weight excluding hydrogens is 1240 g/mol. The molecule has 16 rings (SSSR count). The molecule has 478 valence electrons. The lowest BCUT2D eigenvalue weighted by Crippen LogP contribution is -2.07. The minimum atomic E-state index is -4.59. The van der Waals surface area contributed by atoms with E-state index in [1.54, 1.807) is 57.8 Å². The van der Waals surface area contributed by atoms with E-state index < -0.39 is 35.2 Å². The number of alkyl halides is 9. The Bertz CT molecular complexity index is 5930. The maximum atomic E-state index is 14.1. The predicted molar refractivity (Wildman–Crippen MR) is 369 cm³/mol. The Hall–Kier alpha value is -12.0. The molecule has 0 aliphatic rings. The van der Waals surface area contributed by atoms with E-state index in [4.69, 9.17) is 9.97 Å². The zero-order valence-corrected chi connectivity index (χ0v) is 50.4. The summed E-state index contributed by atoms with van der Waals surface area (Å²) >= 11 is 0. The average molecular weight is 1300 g/mol. The van der Waals surface area contributed by atoms with Gasteiger partial charge in [0, 0.05) is 54.2 Å². The topological polar surface area (TPSA) is 93.1 Å². The van der Waals surface area contributed by atoms with Gasteiger partial charge in [0.15, 0.2) is 0 Å². The van der Waals surface area contributed by atoms with Crippen LogP contribution in [0.15, 0.2) is 231 Å². The van der Waals surface area contributed by atoms with Crippen LogP contribution in [0.1, 0.15) is 59.4 Å². The molecule has 0 atom stereocenters. The molecule has 0 N–H and O–H groups in total. The highest BCUT2D eigenvalue weighted by Crippen LogP contribution is 2.45. The molecule has 0 spiro atoms. The van der Waals surface area contributed by atoms with Gasteiger partial charge in [0.25, 0.3) is 0 Å². The number of hydrogen-bond acceptors (Lipinski definition) is 4. The maximum Gasteiger partial charge on any atom is 0.416 e. The number of fused-ring (bicyclic) bond motifs is 12. The predicted octanol–water partition coefficient (Wildman–Crippen LogP) is 22.9. The van der Waals surface area contributed by atoms with Crippen molar-refractivity contribution in [1.82, 2.24) is 28.2 Å². The molecule has 17 heteroatoms. The first kappa shape index (κ1) is 63.8. The standard InChI is InChI=1S/C40H24F6N4.C38H23F3N4.2CH4/c1-22-3-11-28-30-13-9-26(39(41,42)43)17-35(30)49(33(28)15-22)37-21-48-38(19-32(37)25-7-5-24(20-47)6-8-25)50-34-16-23(2)4-12-29(34)31-14-10-27(18-36(31)50)40(44,45)46;1-23-10-16-34-30(18-23)27-6-2-4-8-32(27)44(34)36-22-43-37(20-29(36)25-13-11-24(21-42)12-14-25)45-33-9-5-3-7-28(33)31-19-26(38(39,40)41)15-17-35(31)45;;/h3-19,21H,1-2H3;2-20,22H,1H3;2*1H4. The van der Waals surface area contributed by atoms with Crippen molar-refractivity contribution in [2.45, 2.75) is 54.2 Å². The highest BCUT2D eigenvalue weighted by Gasteiger charge is 2.34. The van der Waals surface area contributed by atoms with Gasteiger partial charge in [-0.1, -0.05) is 124 Å². The van der Waals surface area contributed by atoms with Gasteiger partial charge in [0.1, 0.15) is 11.6 Å². The Balaban J connectivity index is 0.000000172. The normalized spacial score (nSPS) is 11.9. The van der Waals surface area contributed by atoms with Crippen LogP contribution in [0, 0.1) is 43.4 Å². The van der Waals surface area contributed by atoms with Gasteiger partial charge in [-0.25, -0.2) is 9.97 Å². The summed E-state index contributed by atoms with van der Waals surface area (Å²) < 4.78 is 133. The second-order valence-electron chi connectivity index (χ2n) is 23.6. The van der Waals surface area contributed by atoms with Crippen molar-refractivity contribution in [1.29, 1.82) is 10.5 Å². The Morgan fingerprint density at radius 1 is 0.309 bits per heavy atom. The fourth-order valence-corrected chi connectivity index (χ4v) is 13.2. The monoisotopic (exact) mass is 1300 g/mol. The Morgan fingerprint density at radius 2 is 0.629 bits per heavy atom. The summed E-state index contributed by atoms with van der Waals surface area (Å²) in [4.78, 5) is 9.78. The van der Waals surface area contributed by atoms with Crippen molar-refractivity contribution in [2.24, 2.45) is 0 Å². The molecule has 6 aromatic heterocycles. The van der Waals surface area contributed by atoms with Crippen molar-refractivity contribution in [2.75, 3.05) is 0 Å². The SMILES string of the molecule is C.C.Cc1ccc2c(c1)c1ccccc1n2-c1cnc(-n2c3ccccc3c3cc(C(F)(F)F)ccc32)cc1-c1ccc(C#N)cc1.Cc1ccc2c3ccc(C(F)(F)F)cc3n(-c3cc(-c4ccc(C#N)cc4)c(-n4c5cc(C)ccc5c5ccc(C(F)(F)F)cc54)cn3)c2c1. The molecule has 0 fully saturated rings. The molecule has 0 saturated carbocycles. The van der Waals surface area contributed by atoms with Crippen LogP contribution in [0.25, 0.3) is 132 Å². The number of hydrogen-bond donors (Lipinski definition) is 0. The number of pyridine rings is 2. The lowest BCUT2D eigenvalue weighted by atomic mass is 10.0. The molecule has 97 heavy (non-hydrogen) atoms. The summed E-state index contributed by atoms with van der Waals surface area (Å²) in [5.41, 5.74) is 11.2. The molecule has 6 heterocycles. The number of halogens is 9. The van der Waals surface area contributed by atoms with Gasteiger partial charge in [0.2, 0.25) is 0 Å². The van der Waals surface area contributed by atoms with Crippen LogP contribution in [-0.2, 0) is 18.5 Å². The van der Waals surface area contributed by atoms with E-state index in [1.165, 1.54) is 24.3 Å². The van der Waals surface area contributed by atoms with Gasteiger partial charge < -0.3 is 9.13 Å². The third-order valence-corrected chi connectivity index (χ3v) is 17.7. The van der Waals surface area contributed by atoms with Crippen LogP contribution in [0.4, 0.5) is 39.5 Å². The number of nitrogens with zero attached hydrogens (tertiary/aromatic N) is 8. The molecule has 0 aliphatic carbocycles. The average Bonchev–Trinajstić information content (AvgIpc) is 1.61. The van der Waals surface area contributed by atoms with Crippen LogP contribution in [0.3, 0.4) is 0 Å². The van der Waals surface area contributed by atoms with Crippen molar-refractivity contribution in [3.8, 4) is 57.4 Å². The van der Waals surface area contributed by atoms with Crippen molar-refractivity contribution in [3.05, 3.63) is 275 Å². The lowest BCUT2D eigenvalue weighted by molar-refractivity contribution is -0.138. The largest absolute Gasteiger partial charge is 0.416 e. The van der Waals surface area contributed by atoms with E-state index in [0.717, 1.165) is 102 Å². The minimum absolute atomic E-state index is 0. The molecule has 0 radical (unpaired) electrons. The van der Waals surface area contributed by atoms with Crippen LogP contribution < -0.4 is 0 Å². The van der Waals surface area contributed by atoms with Crippen molar-refractivity contribution >= 4 is 87.2 Å². The van der Waals surface area contributed by atoms with E-state index in [2.05, 4.69) is 54.0 Å². The molecule has 0 unspecified atom stereocenters. The van der Waals surface area contributed by atoms with Crippen molar-refractivity contribution < 1.29 is 39.5 Å². The second kappa shape index (κ2) is 23.8. The van der Waals surface area contributed by atoms with E-state index in [1.807, 2.05) is 116 Å². The van der Waals surface area contributed by atoms with E-state index in [0.29, 0.717) is 88.7 Å². The Morgan fingerprint density at radius 3 is 1.10 bits per heavy atom. The third-order valence-electron chi connectivity index (χ3n) is 17.7. The first-order valence-electron chi connectivity index (χ1n) is 30.0. The molecule has 0 aliphatic heterocycles. The van der Waals surface area contributed by atoms with Gasteiger partial charge in [-0.15, -0.1) is 0 Å². The number of aromatic nitrogens is 6. The fraction of sp³-hybridized carbons (Fsp3) is 0.100. The molecule has 8 nitrogen and oxygen atoms in total. The van der Waals surface area contributed by atoms with E-state index >= 15 is 0 Å². The van der Waals surface area contributed by atoms with Crippen LogP contribution in [0.5, 0.6) is 0 Å². The third kappa shape index (κ3) is 10.9. The molecule has 16 aromatic rings. The van der Waals surface area contributed by atoms with Gasteiger partial charge in [-0.3, -0.25) is 9.13 Å². The summed E-state index contributed by atoms with van der Waals surface area (Å²) in [5, 5.41) is 25.1. The highest BCUT2D eigenvalue weighted by atomic mass is 19.4. The summed E-state index contributed by atoms with van der Waals surface area (Å²) in [7, 11) is 0. The highest BCUT2D eigenvalue weighted by molar-refractivity contribution is 6.13. The minimum Gasteiger partial charge on any atom is -0.307 e. The quantitative estimate of drug-likeness (QED) is 0.155. The lowest BCUT2D eigenvalue weighted by Gasteiger charge is -2.17. The maximum absolute atomic E-state index is 14.1. The summed E-state index contributed by atoms with van der Waals surface area (Å²) in [6.45, 7) is 5.86. The zero-order chi connectivity index (χ0) is 66.0. The van der Waals surface area contributed by atoms with Crippen LogP contribution >= 0.6 is 0 Å². The molecule has 0 bridgehead atoms. The van der Waals surface area contributed by atoms with Crippen LogP contribution in [0.2, 0.25) is 0 Å². The van der Waals surface area contributed by atoms with Gasteiger partial charge in [-0.2, -0.15) is 50.0 Å². The number of nitriles is 2. The smallest absolute Gasteiger partial charge is 0.307 e. The first-order chi connectivity index (χ1) is 45.6. The number of aryl methyl sites for hydroxylation is 3. The summed E-state index contributed by atoms with van der Waals surface area (Å²) in [6.07, 6.45) is -10.3. The molecule has 10 aromatic carbocycles. The molecule has 0 amide bonds. The molecule has 0 saturated heterocycles. The van der Waals surface area contributed by atoms with E-state index in [9.17, 15) is 50.0 Å². The van der Waals surface area contributed by atoms with Crippen molar-refractivity contribution in [3.63, 3.8) is 0 Å². The first-order valence-corrected chi connectivity index (χ1v) is 30.0. The Labute approximate surface area is 549 Å². The number of rotatable bonds is 6. The zero-order valence-electron chi connectivity index (χ0n) is 50.4. The van der Waals surface area contributed by atoms with Gasteiger partial charge >= 0.3 is 18.5 Å². The molecular formula is C80H55F9N8. The van der Waals surface area contributed by atoms with E-state index in [-0.39, 0.29) is 14.9 Å².